The van der Waals surface area contributed by atoms with Gasteiger partial charge in [0.15, 0.2) is 0 Å². The lowest BCUT2D eigenvalue weighted by Crippen LogP contribution is -2.26. The van der Waals surface area contributed by atoms with E-state index < -0.39 is 10.0 Å². The number of primary sulfonamides is 1. The number of rotatable bonds is 7. The molecule has 0 saturated carbocycles. The van der Waals surface area contributed by atoms with E-state index in [1.165, 1.54) is 18.2 Å². The van der Waals surface area contributed by atoms with Gasteiger partial charge < -0.3 is 11.1 Å². The van der Waals surface area contributed by atoms with E-state index in [0.717, 1.165) is 25.7 Å². The molecule has 0 spiro atoms. The first-order valence-corrected chi connectivity index (χ1v) is 8.12. The number of para-hydroxylation sites is 1. The molecule has 1 aromatic carbocycles. The third-order valence-electron chi connectivity index (χ3n) is 2.93. The maximum atomic E-state index is 12.0. The quantitative estimate of drug-likeness (QED) is 0.518. The highest BCUT2D eigenvalue weighted by molar-refractivity contribution is 7.89. The minimum Gasteiger partial charge on any atom is -0.397 e. The fraction of sp³-hybridized carbons (Fsp3) is 0.462. The van der Waals surface area contributed by atoms with Gasteiger partial charge in [-0.2, -0.15) is 0 Å². The van der Waals surface area contributed by atoms with Gasteiger partial charge in [0.1, 0.15) is 4.90 Å². The Morgan fingerprint density at radius 3 is 2.55 bits per heavy atom. The van der Waals surface area contributed by atoms with Crippen LogP contribution in [0.1, 0.15) is 43.0 Å². The number of hydrogen-bond donors (Lipinski definition) is 3. The number of benzene rings is 1. The molecular formula is C13H21N3O3S. The monoisotopic (exact) mass is 299 g/mol. The summed E-state index contributed by atoms with van der Waals surface area (Å²) in [6, 6.07) is 4.20. The highest BCUT2D eigenvalue weighted by Crippen LogP contribution is 2.21. The molecule has 20 heavy (non-hydrogen) atoms. The molecule has 0 fully saturated rings. The van der Waals surface area contributed by atoms with Gasteiger partial charge in [-0.25, -0.2) is 13.6 Å². The molecule has 112 valence electrons. The minimum absolute atomic E-state index is 0.110. The molecule has 1 aromatic rings. The van der Waals surface area contributed by atoms with Gasteiger partial charge in [-0.3, -0.25) is 4.79 Å². The highest BCUT2D eigenvalue weighted by Gasteiger charge is 2.18. The van der Waals surface area contributed by atoms with Gasteiger partial charge in [-0.1, -0.05) is 32.3 Å². The lowest BCUT2D eigenvalue weighted by molar-refractivity contribution is 0.0953. The van der Waals surface area contributed by atoms with Gasteiger partial charge in [0.25, 0.3) is 5.91 Å². The largest absolute Gasteiger partial charge is 0.397 e. The van der Waals surface area contributed by atoms with Crippen LogP contribution in [0.5, 0.6) is 0 Å². The maximum Gasteiger partial charge on any atom is 0.253 e. The summed E-state index contributed by atoms with van der Waals surface area (Å²) in [5.74, 6) is -0.385. The molecule has 0 aliphatic heterocycles. The summed E-state index contributed by atoms with van der Waals surface area (Å²) in [4.78, 5) is 11.7. The molecule has 0 atom stereocenters. The third kappa shape index (κ3) is 4.50. The fourth-order valence-corrected chi connectivity index (χ4v) is 2.52. The van der Waals surface area contributed by atoms with E-state index >= 15 is 0 Å². The van der Waals surface area contributed by atoms with Crippen molar-refractivity contribution in [2.75, 3.05) is 12.3 Å². The molecule has 0 heterocycles. The number of nitrogen functional groups attached to an aromatic ring is 1. The molecular weight excluding hydrogens is 278 g/mol. The standard InChI is InChI=1S/C13H21N3O3S/c1-2-3-4-5-9-16-13(17)10-7-6-8-11(12(10)14)20(15,18)19/h6-8H,2-5,9,14H2,1H3,(H,16,17)(H2,15,18,19). The Hall–Kier alpha value is -1.60. The van der Waals surface area contributed by atoms with E-state index in [2.05, 4.69) is 12.2 Å². The summed E-state index contributed by atoms with van der Waals surface area (Å²) in [7, 11) is -3.93. The first-order valence-electron chi connectivity index (χ1n) is 6.57. The van der Waals surface area contributed by atoms with E-state index in [1.54, 1.807) is 0 Å². The number of nitrogens with one attached hydrogen (secondary N) is 1. The third-order valence-corrected chi connectivity index (χ3v) is 3.90. The number of anilines is 1. The highest BCUT2D eigenvalue weighted by atomic mass is 32.2. The second-order valence-corrected chi connectivity index (χ2v) is 6.11. The second kappa shape index (κ2) is 7.25. The number of carbonyl (C=O) groups is 1. The Morgan fingerprint density at radius 1 is 1.25 bits per heavy atom. The van der Waals surface area contributed by atoms with Crippen molar-refractivity contribution in [3.63, 3.8) is 0 Å². The summed E-state index contributed by atoms with van der Waals surface area (Å²) < 4.78 is 22.7. The van der Waals surface area contributed by atoms with Crippen LogP contribution in [0.2, 0.25) is 0 Å². The average Bonchev–Trinajstić information content (AvgIpc) is 2.37. The van der Waals surface area contributed by atoms with Crippen LogP contribution in [-0.2, 0) is 10.0 Å². The van der Waals surface area contributed by atoms with E-state index in [4.69, 9.17) is 10.9 Å². The number of amides is 1. The van der Waals surface area contributed by atoms with E-state index in [1.807, 2.05) is 0 Å². The predicted octanol–water partition coefficient (Wildman–Crippen LogP) is 1.23. The molecule has 0 aliphatic rings. The van der Waals surface area contributed by atoms with Crippen LogP contribution in [0.15, 0.2) is 23.1 Å². The summed E-state index contributed by atoms with van der Waals surface area (Å²) in [6.07, 6.45) is 4.17. The van der Waals surface area contributed by atoms with Crippen molar-refractivity contribution in [3.05, 3.63) is 23.8 Å². The van der Waals surface area contributed by atoms with E-state index in [-0.39, 0.29) is 22.1 Å². The van der Waals surface area contributed by atoms with Gasteiger partial charge in [-0.15, -0.1) is 0 Å². The van der Waals surface area contributed by atoms with Gasteiger partial charge >= 0.3 is 0 Å². The van der Waals surface area contributed by atoms with Crippen LogP contribution in [0, 0.1) is 0 Å². The predicted molar refractivity (Wildman–Crippen MR) is 78.7 cm³/mol. The lowest BCUT2D eigenvalue weighted by atomic mass is 10.1. The number of carbonyl (C=O) groups excluding carboxylic acids is 1. The van der Waals surface area contributed by atoms with E-state index in [0.29, 0.717) is 6.54 Å². The van der Waals surface area contributed by atoms with Crippen LogP contribution < -0.4 is 16.2 Å². The number of hydrogen-bond acceptors (Lipinski definition) is 4. The molecule has 0 saturated heterocycles. The zero-order valence-electron chi connectivity index (χ0n) is 11.6. The molecule has 1 rings (SSSR count). The smallest absolute Gasteiger partial charge is 0.253 e. The minimum atomic E-state index is -3.93. The number of nitrogens with two attached hydrogens (primary N) is 2. The zero-order valence-corrected chi connectivity index (χ0v) is 12.4. The maximum absolute atomic E-state index is 12.0. The molecule has 0 unspecified atom stereocenters. The Bertz CT molecular complexity index is 570. The molecule has 0 aromatic heterocycles. The van der Waals surface area contributed by atoms with Gasteiger partial charge in [0, 0.05) is 6.54 Å². The Kier molecular flexibility index (Phi) is 5.97. The van der Waals surface area contributed by atoms with Crippen molar-refractivity contribution >= 4 is 21.6 Å². The first kappa shape index (κ1) is 16.5. The van der Waals surface area contributed by atoms with Crippen LogP contribution in [0.3, 0.4) is 0 Å². The SMILES string of the molecule is CCCCCCNC(=O)c1cccc(S(N)(=O)=O)c1N. The van der Waals surface area contributed by atoms with Gasteiger partial charge in [-0.05, 0) is 18.6 Å². The van der Waals surface area contributed by atoms with Crippen molar-refractivity contribution in [3.8, 4) is 0 Å². The summed E-state index contributed by atoms with van der Waals surface area (Å²) in [5.41, 5.74) is 5.72. The summed E-state index contributed by atoms with van der Waals surface area (Å²) >= 11 is 0. The van der Waals surface area contributed by atoms with Crippen molar-refractivity contribution < 1.29 is 13.2 Å². The normalized spacial score (nSPS) is 11.3. The van der Waals surface area contributed by atoms with Crippen molar-refractivity contribution in [2.45, 2.75) is 37.5 Å². The Labute approximate surface area is 119 Å². The van der Waals surface area contributed by atoms with Crippen LogP contribution in [-0.4, -0.2) is 20.9 Å². The van der Waals surface area contributed by atoms with Crippen LogP contribution in [0.4, 0.5) is 5.69 Å². The summed E-state index contributed by atoms with van der Waals surface area (Å²) in [5, 5.41) is 7.76. The zero-order chi connectivity index (χ0) is 15.2. The van der Waals surface area contributed by atoms with Crippen molar-refractivity contribution in [1.82, 2.24) is 5.32 Å². The van der Waals surface area contributed by atoms with Gasteiger partial charge in [0.05, 0.1) is 11.3 Å². The average molecular weight is 299 g/mol. The molecule has 1 amide bonds. The Balaban J connectivity index is 2.74. The van der Waals surface area contributed by atoms with Crippen LogP contribution >= 0.6 is 0 Å². The van der Waals surface area contributed by atoms with Crippen molar-refractivity contribution in [2.24, 2.45) is 5.14 Å². The van der Waals surface area contributed by atoms with Gasteiger partial charge in [0.2, 0.25) is 10.0 Å². The Morgan fingerprint density at radius 2 is 1.95 bits per heavy atom. The fourth-order valence-electron chi connectivity index (χ4n) is 1.84. The molecule has 0 bridgehead atoms. The molecule has 0 aliphatic carbocycles. The lowest BCUT2D eigenvalue weighted by Gasteiger charge is -2.10. The number of sulfonamides is 1. The molecule has 0 radical (unpaired) electrons. The summed E-state index contributed by atoms with van der Waals surface area (Å²) in [6.45, 7) is 2.65. The first-order chi connectivity index (χ1) is 9.38. The second-order valence-electron chi connectivity index (χ2n) is 4.58. The molecule has 7 heteroatoms. The van der Waals surface area contributed by atoms with Crippen LogP contribution in [0.25, 0.3) is 0 Å². The van der Waals surface area contributed by atoms with Crippen molar-refractivity contribution in [1.29, 1.82) is 0 Å². The molecule has 6 nitrogen and oxygen atoms in total. The van der Waals surface area contributed by atoms with E-state index in [9.17, 15) is 13.2 Å². The number of unbranched alkanes of at least 4 members (excludes halogenated alkanes) is 3. The molecule has 5 N–H and O–H groups in total. The topological polar surface area (TPSA) is 115 Å².